The molecule has 1 fully saturated rings. The van der Waals surface area contributed by atoms with Crippen molar-refractivity contribution >= 4 is 11.8 Å². The first-order chi connectivity index (χ1) is 18.0. The molecule has 0 spiro atoms. The van der Waals surface area contributed by atoms with Crippen molar-refractivity contribution in [2.45, 2.75) is 134 Å². The molecular weight excluding hydrogens is 478 g/mol. The molecule has 4 N–H and O–H groups in total. The lowest BCUT2D eigenvalue weighted by Crippen LogP contribution is -2.36. The molecule has 1 aromatic heterocycles. The number of aromatic nitrogens is 2. The van der Waals surface area contributed by atoms with Crippen molar-refractivity contribution in [1.82, 2.24) is 9.55 Å². The Kier molecular flexibility index (Phi) is 15.4. The summed E-state index contributed by atoms with van der Waals surface area (Å²) in [5, 5.41) is 29.1. The zero-order valence-electron chi connectivity index (χ0n) is 22.4. The molecule has 37 heavy (non-hydrogen) atoms. The second kappa shape index (κ2) is 18.3. The maximum absolute atomic E-state index is 12.3. The van der Waals surface area contributed by atoms with Crippen LogP contribution in [0.15, 0.2) is 17.1 Å². The zero-order valence-corrected chi connectivity index (χ0v) is 22.4. The predicted molar refractivity (Wildman–Crippen MR) is 141 cm³/mol. The Hall–Kier alpha value is -2.01. The topological polar surface area (TPSA) is 143 Å². The number of nitrogens with zero attached hydrogens (tertiary/aromatic N) is 2. The van der Waals surface area contributed by atoms with E-state index >= 15 is 0 Å². The molecule has 0 saturated carbocycles. The first kappa shape index (κ1) is 31.2. The van der Waals surface area contributed by atoms with Gasteiger partial charge in [-0.25, -0.2) is 15.1 Å². The van der Waals surface area contributed by atoms with Gasteiger partial charge in [0.15, 0.2) is 12.0 Å². The largest absolute Gasteiger partial charge is 0.394 e. The Morgan fingerprint density at radius 1 is 0.946 bits per heavy atom. The Morgan fingerprint density at radius 3 is 1.97 bits per heavy atom. The molecule has 1 aliphatic rings. The molecule has 2 heterocycles. The van der Waals surface area contributed by atoms with E-state index in [9.17, 15) is 24.9 Å². The van der Waals surface area contributed by atoms with Gasteiger partial charge in [-0.3, -0.25) is 4.57 Å². The van der Waals surface area contributed by atoms with Gasteiger partial charge < -0.3 is 24.9 Å². The van der Waals surface area contributed by atoms with Crippen LogP contribution < -0.4 is 11.2 Å². The van der Waals surface area contributed by atoms with E-state index < -0.39 is 42.8 Å². The molecule has 0 amide bonds. The van der Waals surface area contributed by atoms with Crippen LogP contribution in [0.25, 0.3) is 0 Å². The molecule has 4 atom stereocenters. The van der Waals surface area contributed by atoms with E-state index in [0.29, 0.717) is 0 Å². The molecule has 2 rings (SSSR count). The SMILES string of the molecule is CCCCCCCCCCCCCCCCCC(=O)ONc1ccn([C@@H]2O[C@H](CO)[C@H](O)C2O)c(=O)n1. The fourth-order valence-electron chi connectivity index (χ4n) is 4.57. The van der Waals surface area contributed by atoms with Gasteiger partial charge in [-0.15, -0.1) is 0 Å². The number of hydrogen-bond acceptors (Lipinski definition) is 9. The number of ether oxygens (including phenoxy) is 1. The summed E-state index contributed by atoms with van der Waals surface area (Å²) in [5.41, 5.74) is 1.61. The molecule has 1 unspecified atom stereocenters. The summed E-state index contributed by atoms with van der Waals surface area (Å²) >= 11 is 0. The Labute approximate surface area is 220 Å². The number of nitrogens with one attached hydrogen (secondary N) is 1. The van der Waals surface area contributed by atoms with Gasteiger partial charge in [0, 0.05) is 18.7 Å². The third kappa shape index (κ3) is 11.5. The van der Waals surface area contributed by atoms with E-state index in [1.807, 2.05) is 0 Å². The smallest absolute Gasteiger partial charge is 0.351 e. The minimum atomic E-state index is -1.39. The van der Waals surface area contributed by atoms with Crippen LogP contribution in [0.2, 0.25) is 0 Å². The Morgan fingerprint density at radius 2 is 1.49 bits per heavy atom. The van der Waals surface area contributed by atoms with Crippen LogP contribution in [0.3, 0.4) is 0 Å². The number of aliphatic hydroxyl groups excluding tert-OH is 3. The van der Waals surface area contributed by atoms with Gasteiger partial charge in [-0.1, -0.05) is 96.8 Å². The number of carbonyl (C=O) groups excluding carboxylic acids is 1. The number of anilines is 1. The summed E-state index contributed by atoms with van der Waals surface area (Å²) in [6.45, 7) is 1.76. The highest BCUT2D eigenvalue weighted by molar-refractivity contribution is 5.70. The number of aliphatic hydroxyl groups is 3. The maximum atomic E-state index is 12.3. The van der Waals surface area contributed by atoms with Crippen LogP contribution in [-0.2, 0) is 14.4 Å². The first-order valence-electron chi connectivity index (χ1n) is 14.1. The van der Waals surface area contributed by atoms with Crippen LogP contribution in [0.4, 0.5) is 5.82 Å². The molecule has 10 heteroatoms. The fourth-order valence-corrected chi connectivity index (χ4v) is 4.57. The third-order valence-electron chi connectivity index (χ3n) is 6.88. The van der Waals surface area contributed by atoms with Crippen molar-refractivity contribution in [2.24, 2.45) is 0 Å². The van der Waals surface area contributed by atoms with Crippen molar-refractivity contribution in [3.8, 4) is 0 Å². The Bertz CT molecular complexity index is 819. The van der Waals surface area contributed by atoms with Crippen LogP contribution >= 0.6 is 0 Å². The van der Waals surface area contributed by atoms with Gasteiger partial charge in [0.1, 0.15) is 18.3 Å². The van der Waals surface area contributed by atoms with E-state index in [1.54, 1.807) is 0 Å². The van der Waals surface area contributed by atoms with Crippen molar-refractivity contribution in [3.05, 3.63) is 22.7 Å². The monoisotopic (exact) mass is 525 g/mol. The first-order valence-corrected chi connectivity index (χ1v) is 14.1. The second-order valence-corrected chi connectivity index (χ2v) is 10.0. The minimum absolute atomic E-state index is 0.0397. The zero-order chi connectivity index (χ0) is 26.9. The van der Waals surface area contributed by atoms with Gasteiger partial charge in [0.25, 0.3) is 0 Å². The van der Waals surface area contributed by atoms with Gasteiger partial charge in [0.2, 0.25) is 0 Å². The highest BCUT2D eigenvalue weighted by atomic mass is 16.7. The van der Waals surface area contributed by atoms with Crippen molar-refractivity contribution in [2.75, 3.05) is 12.1 Å². The molecule has 0 radical (unpaired) electrons. The average molecular weight is 526 g/mol. The molecule has 212 valence electrons. The normalized spacial score (nSPS) is 21.3. The summed E-state index contributed by atoms with van der Waals surface area (Å²) in [6, 6.07) is 1.39. The van der Waals surface area contributed by atoms with Gasteiger partial charge >= 0.3 is 11.7 Å². The summed E-state index contributed by atoms with van der Waals surface area (Å²) in [4.78, 5) is 33.0. The van der Waals surface area contributed by atoms with Crippen LogP contribution in [-0.4, -0.2) is 55.8 Å². The van der Waals surface area contributed by atoms with Gasteiger partial charge in [-0.05, 0) is 6.42 Å². The third-order valence-corrected chi connectivity index (χ3v) is 6.88. The van der Waals surface area contributed by atoms with E-state index in [-0.39, 0.29) is 12.2 Å². The summed E-state index contributed by atoms with van der Waals surface area (Å²) < 4.78 is 6.33. The number of unbranched alkanes of at least 4 members (excludes halogenated alkanes) is 14. The van der Waals surface area contributed by atoms with Crippen molar-refractivity contribution < 1.29 is 29.7 Å². The summed E-state index contributed by atoms with van der Waals surface area (Å²) in [5.74, 6) is -0.387. The second-order valence-electron chi connectivity index (χ2n) is 10.0. The lowest BCUT2D eigenvalue weighted by molar-refractivity contribution is -0.140. The molecule has 10 nitrogen and oxygen atoms in total. The maximum Gasteiger partial charge on any atom is 0.351 e. The molecule has 1 aliphatic heterocycles. The summed E-state index contributed by atoms with van der Waals surface area (Å²) in [7, 11) is 0. The quantitative estimate of drug-likeness (QED) is 0.147. The highest BCUT2D eigenvalue weighted by Gasteiger charge is 2.43. The van der Waals surface area contributed by atoms with Crippen LogP contribution in [0.5, 0.6) is 0 Å². The van der Waals surface area contributed by atoms with E-state index in [1.165, 1.54) is 89.3 Å². The summed E-state index contributed by atoms with van der Waals surface area (Å²) in [6.07, 6.45) is 15.6. The number of hydrogen-bond donors (Lipinski definition) is 4. The van der Waals surface area contributed by atoms with Crippen molar-refractivity contribution in [3.63, 3.8) is 0 Å². The molecule has 1 saturated heterocycles. The standard InChI is InChI=1S/C27H47N3O7/c1-2-3-4-5-6-7-8-9-10-11-12-13-14-15-16-17-23(32)37-29-22-18-19-30(27(35)28-22)26-25(34)24(33)21(20-31)36-26/h18-19,21,24-26,31,33-34H,2-17,20H2,1H3,(H,28,29,35)/t21-,24+,25?,26-/m1/s1. The van der Waals surface area contributed by atoms with Crippen LogP contribution in [0.1, 0.15) is 116 Å². The minimum Gasteiger partial charge on any atom is -0.394 e. The molecule has 0 bridgehead atoms. The van der Waals surface area contributed by atoms with Gasteiger partial charge in [-0.2, -0.15) is 4.98 Å². The molecule has 0 aliphatic carbocycles. The van der Waals surface area contributed by atoms with Crippen LogP contribution in [0, 0.1) is 0 Å². The molecule has 1 aromatic rings. The van der Waals surface area contributed by atoms with E-state index in [0.717, 1.165) is 23.8 Å². The van der Waals surface area contributed by atoms with E-state index in [2.05, 4.69) is 17.4 Å². The lowest BCUT2D eigenvalue weighted by atomic mass is 10.0. The van der Waals surface area contributed by atoms with Gasteiger partial charge in [0.05, 0.1) is 6.61 Å². The fraction of sp³-hybridized carbons (Fsp3) is 0.815. The number of rotatable bonds is 20. The molecular formula is C27H47N3O7. The predicted octanol–water partition coefficient (Wildman–Crippen LogP) is 3.99. The molecule has 0 aromatic carbocycles. The number of carbonyl (C=O) groups is 1. The average Bonchev–Trinajstić information content (AvgIpc) is 3.18. The highest BCUT2D eigenvalue weighted by Crippen LogP contribution is 2.28. The lowest BCUT2D eigenvalue weighted by Gasteiger charge is -2.17. The van der Waals surface area contributed by atoms with Crippen molar-refractivity contribution in [1.29, 1.82) is 0 Å². The Balaban J connectivity index is 1.49. The van der Waals surface area contributed by atoms with E-state index in [4.69, 9.17) is 9.57 Å².